The van der Waals surface area contributed by atoms with E-state index < -0.39 is 10.0 Å². The van der Waals surface area contributed by atoms with Crippen molar-refractivity contribution in [2.75, 3.05) is 32.4 Å². The van der Waals surface area contributed by atoms with Gasteiger partial charge in [0.25, 0.3) is 5.91 Å². The van der Waals surface area contributed by atoms with Crippen molar-refractivity contribution in [3.63, 3.8) is 0 Å². The Balaban J connectivity index is 1.70. The van der Waals surface area contributed by atoms with Gasteiger partial charge in [-0.05, 0) is 23.3 Å². The Hall–Kier alpha value is -1.44. The number of nitrogens with zero attached hydrogens (tertiary/aromatic N) is 2. The number of hydrogen-bond acceptors (Lipinski definition) is 4. The Morgan fingerprint density at radius 3 is 2.43 bits per heavy atom. The molecule has 1 aromatic carbocycles. The summed E-state index contributed by atoms with van der Waals surface area (Å²) in [5.74, 6) is -0.0159. The Morgan fingerprint density at radius 1 is 1.10 bits per heavy atom. The van der Waals surface area contributed by atoms with E-state index in [-0.39, 0.29) is 5.91 Å². The first-order valence-corrected chi connectivity index (χ1v) is 8.87. The highest BCUT2D eigenvalue weighted by Gasteiger charge is 2.27. The number of piperazine rings is 1. The van der Waals surface area contributed by atoms with E-state index in [0.717, 1.165) is 13.1 Å². The third-order valence-corrected chi connectivity index (χ3v) is 5.38. The molecule has 21 heavy (non-hydrogen) atoms. The minimum absolute atomic E-state index is 0.0159. The Morgan fingerprint density at radius 2 is 1.76 bits per heavy atom. The molecule has 0 unspecified atom stereocenters. The van der Waals surface area contributed by atoms with Crippen molar-refractivity contribution >= 4 is 15.9 Å². The lowest BCUT2D eigenvalue weighted by atomic mass is 10.1. The van der Waals surface area contributed by atoms with Gasteiger partial charge in [0.05, 0.1) is 6.26 Å². The van der Waals surface area contributed by atoms with Crippen molar-refractivity contribution in [3.05, 3.63) is 34.9 Å². The van der Waals surface area contributed by atoms with Crippen LogP contribution in [0.1, 0.15) is 21.5 Å². The standard InChI is InChI=1S/C14H19N3O3S/c1-21(19,20)17-6-4-16(5-7-17)14(18)11-2-3-12-9-15-10-13(12)8-11/h2-3,8,15H,4-7,9-10H2,1H3. The molecule has 1 N–H and O–H groups in total. The Labute approximate surface area is 124 Å². The SMILES string of the molecule is CS(=O)(=O)N1CCN(C(=O)c2ccc3c(c2)CNC3)CC1. The highest BCUT2D eigenvalue weighted by molar-refractivity contribution is 7.88. The maximum Gasteiger partial charge on any atom is 0.253 e. The molecule has 1 saturated heterocycles. The number of nitrogens with one attached hydrogen (secondary N) is 1. The minimum Gasteiger partial charge on any atom is -0.336 e. The van der Waals surface area contributed by atoms with Crippen LogP contribution in [-0.2, 0) is 23.1 Å². The molecule has 6 nitrogen and oxygen atoms in total. The fraction of sp³-hybridized carbons (Fsp3) is 0.500. The van der Waals surface area contributed by atoms with Crippen LogP contribution in [0.2, 0.25) is 0 Å². The van der Waals surface area contributed by atoms with Crippen molar-refractivity contribution in [2.45, 2.75) is 13.1 Å². The smallest absolute Gasteiger partial charge is 0.253 e. The third kappa shape index (κ3) is 2.95. The Bertz CT molecular complexity index is 664. The number of carbonyl (C=O) groups excluding carboxylic acids is 1. The van der Waals surface area contributed by atoms with Crippen molar-refractivity contribution in [2.24, 2.45) is 0 Å². The monoisotopic (exact) mass is 309 g/mol. The van der Waals surface area contributed by atoms with Crippen LogP contribution in [0.15, 0.2) is 18.2 Å². The van der Waals surface area contributed by atoms with Crippen LogP contribution in [-0.4, -0.2) is 56.0 Å². The number of benzene rings is 1. The van der Waals surface area contributed by atoms with Gasteiger partial charge in [-0.1, -0.05) is 6.07 Å². The first kappa shape index (κ1) is 14.5. The summed E-state index contributed by atoms with van der Waals surface area (Å²) in [6.45, 7) is 3.30. The van der Waals surface area contributed by atoms with Crippen LogP contribution < -0.4 is 5.32 Å². The van der Waals surface area contributed by atoms with Gasteiger partial charge in [0, 0.05) is 44.8 Å². The predicted molar refractivity (Wildman–Crippen MR) is 79.3 cm³/mol. The lowest BCUT2D eigenvalue weighted by molar-refractivity contribution is 0.0698. The predicted octanol–water partition coefficient (Wildman–Crippen LogP) is 0.00720. The molecule has 2 heterocycles. The van der Waals surface area contributed by atoms with Crippen molar-refractivity contribution in [1.82, 2.24) is 14.5 Å². The lowest BCUT2D eigenvalue weighted by Crippen LogP contribution is -2.50. The molecule has 0 bridgehead atoms. The van der Waals surface area contributed by atoms with Gasteiger partial charge in [-0.3, -0.25) is 4.79 Å². The third-order valence-electron chi connectivity index (χ3n) is 4.08. The summed E-state index contributed by atoms with van der Waals surface area (Å²) in [6, 6.07) is 5.80. The van der Waals surface area contributed by atoms with E-state index in [4.69, 9.17) is 0 Å². The molecule has 2 aliphatic heterocycles. The van der Waals surface area contributed by atoms with Gasteiger partial charge in [0.1, 0.15) is 0 Å². The molecule has 2 aliphatic rings. The summed E-state index contributed by atoms with van der Waals surface area (Å²) < 4.78 is 24.4. The zero-order chi connectivity index (χ0) is 15.0. The van der Waals surface area contributed by atoms with Crippen LogP contribution in [0.4, 0.5) is 0 Å². The summed E-state index contributed by atoms with van der Waals surface area (Å²) in [5, 5.41) is 3.26. The largest absolute Gasteiger partial charge is 0.336 e. The van der Waals surface area contributed by atoms with E-state index in [9.17, 15) is 13.2 Å². The molecule has 0 saturated carbocycles. The van der Waals surface area contributed by atoms with Crippen LogP contribution in [0, 0.1) is 0 Å². The summed E-state index contributed by atoms with van der Waals surface area (Å²) in [4.78, 5) is 14.2. The number of rotatable bonds is 2. The summed E-state index contributed by atoms with van der Waals surface area (Å²) >= 11 is 0. The summed E-state index contributed by atoms with van der Waals surface area (Å²) in [7, 11) is -3.16. The molecule has 1 amide bonds. The topological polar surface area (TPSA) is 69.7 Å². The molecule has 0 aromatic heterocycles. The van der Waals surface area contributed by atoms with Crippen molar-refractivity contribution in [3.8, 4) is 0 Å². The second-order valence-electron chi connectivity index (χ2n) is 5.54. The fourth-order valence-electron chi connectivity index (χ4n) is 2.83. The van der Waals surface area contributed by atoms with Gasteiger partial charge in [-0.25, -0.2) is 8.42 Å². The van der Waals surface area contributed by atoms with E-state index in [1.165, 1.54) is 21.7 Å². The molecule has 0 radical (unpaired) electrons. The van der Waals surface area contributed by atoms with Gasteiger partial charge in [-0.2, -0.15) is 4.31 Å². The number of fused-ring (bicyclic) bond motifs is 1. The average molecular weight is 309 g/mol. The molecule has 114 valence electrons. The number of amides is 1. The quantitative estimate of drug-likeness (QED) is 0.835. The molecule has 0 aliphatic carbocycles. The van der Waals surface area contributed by atoms with E-state index >= 15 is 0 Å². The number of hydrogen-bond donors (Lipinski definition) is 1. The average Bonchev–Trinajstić information content (AvgIpc) is 2.93. The van der Waals surface area contributed by atoms with Gasteiger partial charge in [0.2, 0.25) is 10.0 Å². The van der Waals surface area contributed by atoms with Crippen LogP contribution in [0.5, 0.6) is 0 Å². The molecule has 1 fully saturated rings. The van der Waals surface area contributed by atoms with Crippen molar-refractivity contribution in [1.29, 1.82) is 0 Å². The fourth-order valence-corrected chi connectivity index (χ4v) is 3.66. The van der Waals surface area contributed by atoms with Gasteiger partial charge in [0.15, 0.2) is 0 Å². The zero-order valence-corrected chi connectivity index (χ0v) is 12.8. The second kappa shape index (κ2) is 5.40. The zero-order valence-electron chi connectivity index (χ0n) is 12.0. The van der Waals surface area contributed by atoms with Crippen molar-refractivity contribution < 1.29 is 13.2 Å². The molecule has 1 aromatic rings. The first-order chi connectivity index (χ1) is 9.95. The second-order valence-corrected chi connectivity index (χ2v) is 7.52. The highest BCUT2D eigenvalue weighted by atomic mass is 32.2. The van der Waals surface area contributed by atoms with E-state index in [1.54, 1.807) is 4.90 Å². The lowest BCUT2D eigenvalue weighted by Gasteiger charge is -2.33. The molecule has 0 spiro atoms. The maximum absolute atomic E-state index is 12.5. The van der Waals surface area contributed by atoms with E-state index in [0.29, 0.717) is 31.7 Å². The molecule has 7 heteroatoms. The summed E-state index contributed by atoms with van der Waals surface area (Å²) in [6.07, 6.45) is 1.21. The van der Waals surface area contributed by atoms with Crippen LogP contribution in [0.25, 0.3) is 0 Å². The van der Waals surface area contributed by atoms with Gasteiger partial charge < -0.3 is 10.2 Å². The maximum atomic E-state index is 12.5. The first-order valence-electron chi connectivity index (χ1n) is 7.02. The molecule has 3 rings (SSSR count). The number of sulfonamides is 1. The number of carbonyl (C=O) groups is 1. The molecular weight excluding hydrogens is 290 g/mol. The molecule has 0 atom stereocenters. The molecular formula is C14H19N3O3S. The highest BCUT2D eigenvalue weighted by Crippen LogP contribution is 2.19. The van der Waals surface area contributed by atoms with Crippen LogP contribution >= 0.6 is 0 Å². The van der Waals surface area contributed by atoms with Crippen LogP contribution in [0.3, 0.4) is 0 Å². The van der Waals surface area contributed by atoms with Gasteiger partial charge >= 0.3 is 0 Å². The summed E-state index contributed by atoms with van der Waals surface area (Å²) in [5.41, 5.74) is 3.11. The minimum atomic E-state index is -3.16. The van der Waals surface area contributed by atoms with Gasteiger partial charge in [-0.15, -0.1) is 0 Å². The van der Waals surface area contributed by atoms with E-state index in [2.05, 4.69) is 5.32 Å². The van der Waals surface area contributed by atoms with E-state index in [1.807, 2.05) is 18.2 Å². The normalized spacial score (nSPS) is 19.6. The Kier molecular flexibility index (Phi) is 3.73.